The van der Waals surface area contributed by atoms with Gasteiger partial charge in [0.05, 0.1) is 5.60 Å². The van der Waals surface area contributed by atoms with E-state index in [1.54, 1.807) is 0 Å². The summed E-state index contributed by atoms with van der Waals surface area (Å²) >= 11 is 0. The zero-order valence-electron chi connectivity index (χ0n) is 19.4. The first-order valence-corrected chi connectivity index (χ1v) is 12.5. The second-order valence-corrected chi connectivity index (χ2v) is 10.8. The van der Waals surface area contributed by atoms with Crippen LogP contribution in [0.3, 0.4) is 0 Å². The second kappa shape index (κ2) is 10.4. The molecule has 0 spiro atoms. The van der Waals surface area contributed by atoms with Crippen molar-refractivity contribution in [1.29, 1.82) is 0 Å². The fraction of sp³-hybridized carbons (Fsp3) is 0.778. The minimum atomic E-state index is -0.682. The predicted molar refractivity (Wildman–Crippen MR) is 124 cm³/mol. The Labute approximate surface area is 180 Å². The molecule has 1 aliphatic heterocycles. The molecule has 3 rings (SSSR count). The molecular formula is C27H45NO. The Balaban J connectivity index is 1.86. The first kappa shape index (κ1) is 22.8. The van der Waals surface area contributed by atoms with Crippen molar-refractivity contribution >= 4 is 0 Å². The van der Waals surface area contributed by atoms with Crippen LogP contribution in [0, 0.1) is 5.92 Å². The summed E-state index contributed by atoms with van der Waals surface area (Å²) in [7, 11) is 0. The van der Waals surface area contributed by atoms with E-state index in [9.17, 15) is 5.11 Å². The molecule has 1 saturated heterocycles. The van der Waals surface area contributed by atoms with Crippen LogP contribution in [0.15, 0.2) is 24.3 Å². The summed E-state index contributed by atoms with van der Waals surface area (Å²) < 4.78 is 0. The van der Waals surface area contributed by atoms with Crippen molar-refractivity contribution in [3.63, 3.8) is 0 Å². The van der Waals surface area contributed by atoms with E-state index in [-0.39, 0.29) is 5.41 Å². The fourth-order valence-electron chi connectivity index (χ4n) is 5.45. The first-order valence-electron chi connectivity index (χ1n) is 12.5. The van der Waals surface area contributed by atoms with Crippen LogP contribution in [0.1, 0.15) is 109 Å². The van der Waals surface area contributed by atoms with Gasteiger partial charge in [-0.2, -0.15) is 0 Å². The number of nitrogens with zero attached hydrogens (tertiary/aromatic N) is 1. The highest BCUT2D eigenvalue weighted by molar-refractivity contribution is 5.31. The molecule has 1 saturated carbocycles. The number of hydrogen-bond acceptors (Lipinski definition) is 2. The molecule has 1 aromatic rings. The van der Waals surface area contributed by atoms with Gasteiger partial charge in [0.25, 0.3) is 0 Å². The Kier molecular flexibility index (Phi) is 8.22. The lowest BCUT2D eigenvalue weighted by Crippen LogP contribution is -2.42. The third-order valence-electron chi connectivity index (χ3n) is 7.46. The van der Waals surface area contributed by atoms with Crippen LogP contribution in [-0.2, 0) is 11.0 Å². The van der Waals surface area contributed by atoms with Crippen molar-refractivity contribution in [3.8, 4) is 0 Å². The summed E-state index contributed by atoms with van der Waals surface area (Å²) in [6, 6.07) is 9.00. The third kappa shape index (κ3) is 6.31. The van der Waals surface area contributed by atoms with E-state index in [2.05, 4.69) is 49.9 Å². The molecule has 2 unspecified atom stereocenters. The molecule has 2 aliphatic rings. The van der Waals surface area contributed by atoms with Gasteiger partial charge >= 0.3 is 0 Å². The van der Waals surface area contributed by atoms with E-state index >= 15 is 0 Å². The van der Waals surface area contributed by atoms with E-state index in [0.29, 0.717) is 5.92 Å². The lowest BCUT2D eigenvalue weighted by molar-refractivity contribution is -0.0490. The summed E-state index contributed by atoms with van der Waals surface area (Å²) in [5.41, 5.74) is 1.99. The minimum Gasteiger partial charge on any atom is -0.385 e. The Morgan fingerprint density at radius 1 is 0.828 bits per heavy atom. The van der Waals surface area contributed by atoms with Crippen molar-refractivity contribution in [2.75, 3.05) is 19.6 Å². The van der Waals surface area contributed by atoms with Crippen molar-refractivity contribution < 1.29 is 5.11 Å². The molecular weight excluding hydrogens is 354 g/mol. The van der Waals surface area contributed by atoms with Crippen molar-refractivity contribution in [2.24, 2.45) is 5.92 Å². The van der Waals surface area contributed by atoms with Gasteiger partial charge < -0.3 is 10.0 Å². The quantitative estimate of drug-likeness (QED) is 0.604. The van der Waals surface area contributed by atoms with Crippen molar-refractivity contribution in [3.05, 3.63) is 35.4 Å². The molecule has 2 atom stereocenters. The van der Waals surface area contributed by atoms with Crippen LogP contribution in [0.5, 0.6) is 0 Å². The molecule has 0 radical (unpaired) electrons. The van der Waals surface area contributed by atoms with E-state index in [4.69, 9.17) is 0 Å². The fourth-order valence-corrected chi connectivity index (χ4v) is 5.45. The van der Waals surface area contributed by atoms with Crippen LogP contribution in [0.2, 0.25) is 0 Å². The average Bonchev–Trinajstić information content (AvgIpc) is 3.20. The van der Waals surface area contributed by atoms with E-state index in [0.717, 1.165) is 31.4 Å². The molecule has 1 N–H and O–H groups in total. The van der Waals surface area contributed by atoms with Gasteiger partial charge in [-0.25, -0.2) is 0 Å². The number of hydrogen-bond donors (Lipinski definition) is 1. The largest absolute Gasteiger partial charge is 0.385 e. The normalized spacial score (nSPS) is 28.6. The van der Waals surface area contributed by atoms with E-state index in [1.807, 2.05) is 0 Å². The zero-order valence-corrected chi connectivity index (χ0v) is 19.4. The highest BCUT2D eigenvalue weighted by atomic mass is 16.3. The molecule has 0 aromatic heterocycles. The van der Waals surface area contributed by atoms with Gasteiger partial charge in [-0.05, 0) is 55.3 Å². The summed E-state index contributed by atoms with van der Waals surface area (Å²) in [5.74, 6) is 0.348. The van der Waals surface area contributed by atoms with Gasteiger partial charge in [-0.3, -0.25) is 0 Å². The topological polar surface area (TPSA) is 23.5 Å². The lowest BCUT2D eigenvalue weighted by atomic mass is 9.74. The Hall–Kier alpha value is -0.860. The summed E-state index contributed by atoms with van der Waals surface area (Å²) in [6.07, 6.45) is 15.2. The van der Waals surface area contributed by atoms with Gasteiger partial charge in [0.2, 0.25) is 0 Å². The van der Waals surface area contributed by atoms with Gasteiger partial charge in [-0.15, -0.1) is 0 Å². The van der Waals surface area contributed by atoms with Crippen LogP contribution >= 0.6 is 0 Å². The maximum absolute atomic E-state index is 12.2. The molecule has 0 bridgehead atoms. The average molecular weight is 400 g/mol. The molecule has 1 aromatic carbocycles. The summed E-state index contributed by atoms with van der Waals surface area (Å²) in [5, 5.41) is 12.2. The van der Waals surface area contributed by atoms with Crippen LogP contribution in [0.4, 0.5) is 0 Å². The number of rotatable bonds is 3. The molecule has 0 amide bonds. The molecule has 164 valence electrons. The minimum absolute atomic E-state index is 0.155. The van der Waals surface area contributed by atoms with E-state index < -0.39 is 5.60 Å². The standard InChI is InChI=1S/C27H45NO/c1-26(2,3)23-15-17-24(18-16-23)27(29)19-11-9-7-5-4-6-8-10-14-25(27)22-28-20-12-13-21-28/h15-18,25,29H,4-14,19-22H2,1-3H3. The van der Waals surface area contributed by atoms with Gasteiger partial charge in [0.15, 0.2) is 0 Å². The molecule has 29 heavy (non-hydrogen) atoms. The molecule has 2 nitrogen and oxygen atoms in total. The Morgan fingerprint density at radius 3 is 1.97 bits per heavy atom. The Morgan fingerprint density at radius 2 is 1.38 bits per heavy atom. The van der Waals surface area contributed by atoms with Crippen molar-refractivity contribution in [2.45, 2.75) is 109 Å². The highest BCUT2D eigenvalue weighted by Gasteiger charge is 2.39. The first-order chi connectivity index (χ1) is 13.9. The molecule has 1 aliphatic carbocycles. The van der Waals surface area contributed by atoms with Crippen LogP contribution in [-0.4, -0.2) is 29.6 Å². The van der Waals surface area contributed by atoms with Gasteiger partial charge in [0.1, 0.15) is 0 Å². The SMILES string of the molecule is CC(C)(C)c1ccc(C2(O)CCCCCCCCCCC2CN2CCCC2)cc1. The monoisotopic (exact) mass is 399 g/mol. The summed E-state index contributed by atoms with van der Waals surface area (Å²) in [4.78, 5) is 2.62. The predicted octanol–water partition coefficient (Wildman–Crippen LogP) is 6.80. The summed E-state index contributed by atoms with van der Waals surface area (Å²) in [6.45, 7) is 10.3. The number of benzene rings is 1. The molecule has 2 heteroatoms. The molecule has 2 fully saturated rings. The maximum Gasteiger partial charge on any atom is 0.0936 e. The van der Waals surface area contributed by atoms with Crippen molar-refractivity contribution in [1.82, 2.24) is 4.90 Å². The maximum atomic E-state index is 12.2. The highest BCUT2D eigenvalue weighted by Crippen LogP contribution is 2.40. The van der Waals surface area contributed by atoms with E-state index in [1.165, 1.54) is 76.4 Å². The van der Waals surface area contributed by atoms with Gasteiger partial charge in [-0.1, -0.05) is 96.4 Å². The number of aliphatic hydroxyl groups is 1. The lowest BCUT2D eigenvalue weighted by Gasteiger charge is -2.40. The van der Waals surface area contributed by atoms with Crippen LogP contribution in [0.25, 0.3) is 0 Å². The zero-order chi connectivity index (χ0) is 20.7. The van der Waals surface area contributed by atoms with Gasteiger partial charge in [0, 0.05) is 12.5 Å². The van der Waals surface area contributed by atoms with Crippen LogP contribution < -0.4 is 0 Å². The smallest absolute Gasteiger partial charge is 0.0936 e. The second-order valence-electron chi connectivity index (χ2n) is 10.8. The number of likely N-dealkylation sites (tertiary alicyclic amines) is 1. The third-order valence-corrected chi connectivity index (χ3v) is 7.46. The Bertz CT molecular complexity index is 596. The molecule has 1 heterocycles.